The van der Waals surface area contributed by atoms with Gasteiger partial charge in [0.25, 0.3) is 0 Å². The molecule has 14 nitrogen and oxygen atoms in total. The van der Waals surface area contributed by atoms with Crippen LogP contribution in [0.5, 0.6) is 0 Å². The molecule has 8 rings (SSSR count). The van der Waals surface area contributed by atoms with Gasteiger partial charge in [0.1, 0.15) is 36.6 Å². The predicted molar refractivity (Wildman–Crippen MR) is 224 cm³/mol. The average molecular weight is 887 g/mol. The molecule has 2 unspecified atom stereocenters. The minimum absolute atomic E-state index is 0. The molecule has 0 amide bonds. The van der Waals surface area contributed by atoms with Gasteiger partial charge in [0.05, 0.1) is 25.0 Å². The van der Waals surface area contributed by atoms with Gasteiger partial charge in [-0.05, 0) is 100 Å². The molecule has 8 aliphatic rings. The molecule has 6 saturated carbocycles. The van der Waals surface area contributed by atoms with Crippen molar-refractivity contribution in [2.45, 2.75) is 153 Å². The quantitative estimate of drug-likeness (QED) is 0.141. The first-order chi connectivity index (χ1) is 28.1. The van der Waals surface area contributed by atoms with Gasteiger partial charge in [-0.1, -0.05) is 38.8 Å². The Hall–Kier alpha value is -1.14. The first-order valence-corrected chi connectivity index (χ1v) is 22.1. The summed E-state index contributed by atoms with van der Waals surface area (Å²) in [6, 6.07) is 0. The van der Waals surface area contributed by atoms with Crippen LogP contribution < -0.4 is 0 Å². The summed E-state index contributed by atoms with van der Waals surface area (Å²) < 4.78 is 12.2. The molecule has 16 heteroatoms. The standard InChI is InChI=1S/C46H62O14.2Na.2H/c1-41-19-31(51)39-27(29(41)11-13-45(41,57)33(53)21-47)7-5-23-15-25(49)17-35(43(23,39)3)59-37(55)9-10-38(56)60-36-18-26(50)16-24-6-8-28-30-12-14-46(58,34(54)22-48)42(30,2)20-32(52)40(28)44(24,36)4;;;;/h15-16,27-32,35-36,39-40,47-48,51-52,57-58H,5-14,17-22H2,1-4H3;;;;/t27-,28-,29-,30-,31-,32-,35?,36?,39+,40+,41-,42-,43+,44+,45-,46-;;;;/m0..../s1. The van der Waals surface area contributed by atoms with Crippen LogP contribution in [0.15, 0.2) is 23.3 Å². The van der Waals surface area contributed by atoms with Crippen LogP contribution in [0.3, 0.4) is 0 Å². The number of carbonyl (C=O) groups excluding carboxylic acids is 6. The zero-order valence-corrected chi connectivity index (χ0v) is 35.2. The molecule has 8 aliphatic carbocycles. The van der Waals surface area contributed by atoms with Crippen LogP contribution in [0.1, 0.15) is 118 Å². The summed E-state index contributed by atoms with van der Waals surface area (Å²) in [5.41, 5.74) is -5.84. The van der Waals surface area contributed by atoms with Gasteiger partial charge in [0, 0.05) is 46.3 Å². The molecule has 0 heterocycles. The topological polar surface area (TPSA) is 242 Å². The van der Waals surface area contributed by atoms with Gasteiger partial charge in [-0.2, -0.15) is 0 Å². The molecule has 0 aromatic rings. The van der Waals surface area contributed by atoms with Crippen molar-refractivity contribution in [1.82, 2.24) is 0 Å². The molecule has 0 aromatic heterocycles. The third-order valence-electron chi connectivity index (χ3n) is 18.5. The van der Waals surface area contributed by atoms with Gasteiger partial charge in [-0.3, -0.25) is 28.8 Å². The normalized spacial score (nSPS) is 46.4. The van der Waals surface area contributed by atoms with Crippen LogP contribution in [0, 0.1) is 57.2 Å². The van der Waals surface area contributed by atoms with E-state index in [0.717, 1.165) is 11.1 Å². The van der Waals surface area contributed by atoms with Crippen LogP contribution in [0.4, 0.5) is 0 Å². The fourth-order valence-electron chi connectivity index (χ4n) is 15.6. The van der Waals surface area contributed by atoms with E-state index in [9.17, 15) is 59.4 Å². The van der Waals surface area contributed by atoms with Gasteiger partial charge in [0.15, 0.2) is 23.1 Å². The maximum absolute atomic E-state index is 13.7. The molecule has 0 spiro atoms. The number of rotatable bonds is 9. The van der Waals surface area contributed by atoms with E-state index in [0.29, 0.717) is 38.5 Å². The average Bonchev–Trinajstić information content (AvgIpc) is 3.62. The molecular weight excluding hydrogens is 822 g/mol. The molecule has 0 aliphatic heterocycles. The van der Waals surface area contributed by atoms with Gasteiger partial charge in [0.2, 0.25) is 0 Å². The van der Waals surface area contributed by atoms with Crippen molar-refractivity contribution in [1.29, 1.82) is 0 Å². The van der Waals surface area contributed by atoms with Gasteiger partial charge >= 0.3 is 71.1 Å². The van der Waals surface area contributed by atoms with E-state index in [-0.39, 0.29) is 146 Å². The van der Waals surface area contributed by atoms with Crippen LogP contribution in [-0.4, -0.2) is 174 Å². The van der Waals surface area contributed by atoms with Gasteiger partial charge < -0.3 is 40.1 Å². The van der Waals surface area contributed by atoms with E-state index in [1.807, 2.05) is 27.7 Å². The molecule has 0 bridgehead atoms. The molecule has 62 heavy (non-hydrogen) atoms. The van der Waals surface area contributed by atoms with Crippen LogP contribution in [-0.2, 0) is 38.2 Å². The summed E-state index contributed by atoms with van der Waals surface area (Å²) in [5, 5.41) is 66.5. The summed E-state index contributed by atoms with van der Waals surface area (Å²) in [5.74, 6) is -4.76. The van der Waals surface area contributed by atoms with E-state index in [4.69, 9.17) is 9.47 Å². The van der Waals surface area contributed by atoms with Gasteiger partial charge in [-0.25, -0.2) is 0 Å². The Balaban J connectivity index is 0.00000321. The monoisotopic (exact) mass is 886 g/mol. The van der Waals surface area contributed by atoms with E-state index in [2.05, 4.69) is 0 Å². The summed E-state index contributed by atoms with van der Waals surface area (Å²) in [6.45, 7) is 5.83. The molecule has 0 saturated heterocycles. The zero-order valence-electron chi connectivity index (χ0n) is 35.2. The van der Waals surface area contributed by atoms with Crippen molar-refractivity contribution in [2.24, 2.45) is 57.2 Å². The zero-order chi connectivity index (χ0) is 43.5. The molecule has 6 fully saturated rings. The summed E-state index contributed by atoms with van der Waals surface area (Å²) in [6.07, 6.45) is 2.07. The van der Waals surface area contributed by atoms with Crippen molar-refractivity contribution in [3.63, 3.8) is 0 Å². The second-order valence-electron chi connectivity index (χ2n) is 20.7. The molecule has 6 N–H and O–H groups in total. The van der Waals surface area contributed by atoms with Gasteiger partial charge in [-0.15, -0.1) is 0 Å². The Bertz CT molecular complexity index is 1820. The third-order valence-corrected chi connectivity index (χ3v) is 18.5. The Labute approximate surface area is 407 Å². The number of esters is 2. The van der Waals surface area contributed by atoms with E-state index < -0.39 is 106 Å². The predicted octanol–water partition coefficient (Wildman–Crippen LogP) is 1.10. The minimum atomic E-state index is -1.78. The number of carbonyl (C=O) groups is 6. The molecule has 0 radical (unpaired) electrons. The fourth-order valence-corrected chi connectivity index (χ4v) is 15.6. The Kier molecular flexibility index (Phi) is 14.2. The number of fused-ring (bicyclic) bond motifs is 10. The second kappa shape index (κ2) is 17.5. The van der Waals surface area contributed by atoms with Crippen molar-refractivity contribution >= 4 is 94.2 Å². The Morgan fingerprint density at radius 2 is 0.984 bits per heavy atom. The van der Waals surface area contributed by atoms with E-state index in [1.54, 1.807) is 12.2 Å². The molecule has 334 valence electrons. The third kappa shape index (κ3) is 7.16. The maximum atomic E-state index is 13.7. The number of hydrogen-bond acceptors (Lipinski definition) is 14. The second-order valence-corrected chi connectivity index (χ2v) is 20.7. The summed E-state index contributed by atoms with van der Waals surface area (Å²) >= 11 is 0. The number of Topliss-reactive ketones (excluding diaryl/α,β-unsaturated/α-hetero) is 2. The molecule has 0 aromatic carbocycles. The number of ketones is 4. The Morgan fingerprint density at radius 3 is 1.32 bits per heavy atom. The van der Waals surface area contributed by atoms with Crippen LogP contribution >= 0.6 is 0 Å². The first kappa shape index (κ1) is 50.3. The number of hydrogen-bond donors (Lipinski definition) is 6. The number of aliphatic hydroxyl groups excluding tert-OH is 4. The number of aliphatic hydroxyl groups is 6. The van der Waals surface area contributed by atoms with Crippen molar-refractivity contribution in [3.05, 3.63) is 23.3 Å². The van der Waals surface area contributed by atoms with Crippen molar-refractivity contribution < 1.29 is 68.9 Å². The van der Waals surface area contributed by atoms with Crippen LogP contribution in [0.2, 0.25) is 0 Å². The molecular formula is C46H64Na2O14. The number of ether oxygens (including phenoxy) is 2. The SMILES string of the molecule is C[C@]12C[C@H](O)[C@H]3[C@@H](CCC4=CC(=O)CC(OC(=O)CCC(=O)OC5CC(=O)C=C6CC[C@@H]7[C@H]([C@@H](O)C[C@@]8(C)[C@H]7CC[C@]8(O)C(=O)CO)[C@]65C)[C@@]43C)[C@@H]1CC[C@]2(O)C(=O)CO.[NaH].[NaH]. The van der Waals surface area contributed by atoms with E-state index >= 15 is 0 Å². The van der Waals surface area contributed by atoms with Crippen molar-refractivity contribution in [3.8, 4) is 0 Å². The molecule has 16 atom stereocenters. The summed E-state index contributed by atoms with van der Waals surface area (Å²) in [7, 11) is 0. The van der Waals surface area contributed by atoms with Crippen molar-refractivity contribution in [2.75, 3.05) is 13.2 Å². The Morgan fingerprint density at radius 1 is 0.629 bits per heavy atom. The van der Waals surface area contributed by atoms with E-state index in [1.165, 1.54) is 0 Å². The fraction of sp³-hybridized carbons (Fsp3) is 0.783. The first-order valence-electron chi connectivity index (χ1n) is 22.1. The summed E-state index contributed by atoms with van der Waals surface area (Å²) in [4.78, 5) is 79.2. The van der Waals surface area contributed by atoms with Crippen LogP contribution in [0.25, 0.3) is 0 Å².